The number of rotatable bonds is 3. The molecule has 0 aromatic heterocycles. The van der Waals surface area contributed by atoms with Gasteiger partial charge in [-0.1, -0.05) is 0 Å². The summed E-state index contributed by atoms with van der Waals surface area (Å²) < 4.78 is 5.04. The first kappa shape index (κ1) is 8.49. The molecule has 1 amide bonds. The second-order valence-corrected chi connectivity index (χ2v) is 2.46. The summed E-state index contributed by atoms with van der Waals surface area (Å²) in [6.07, 6.45) is 0.804. The van der Waals surface area contributed by atoms with Crippen LogP contribution in [0, 0.1) is 5.92 Å². The van der Waals surface area contributed by atoms with Gasteiger partial charge in [-0.05, 0) is 13.3 Å². The molecule has 0 spiro atoms. The molecule has 1 fully saturated rings. The van der Waals surface area contributed by atoms with Crippen LogP contribution in [0.25, 0.3) is 0 Å². The molecule has 1 aliphatic heterocycles. The zero-order chi connectivity index (χ0) is 8.10. The summed E-state index contributed by atoms with van der Waals surface area (Å²) in [4.78, 5) is 15.8. The van der Waals surface area contributed by atoms with Gasteiger partial charge in [0, 0.05) is 6.61 Å². The molecule has 1 saturated heterocycles. The molecular formula is C7H13NO3. The van der Waals surface area contributed by atoms with Crippen LogP contribution in [0.1, 0.15) is 13.3 Å². The third-order valence-electron chi connectivity index (χ3n) is 1.62. The van der Waals surface area contributed by atoms with Crippen LogP contribution in [-0.4, -0.2) is 25.7 Å². The van der Waals surface area contributed by atoms with Crippen LogP contribution < -0.4 is 5.48 Å². The lowest BCUT2D eigenvalue weighted by Gasteiger charge is -2.06. The fraction of sp³-hybridized carbons (Fsp3) is 0.857. The predicted octanol–water partition coefficient (Wildman–Crippen LogP) is 0.0906. The second-order valence-electron chi connectivity index (χ2n) is 2.46. The van der Waals surface area contributed by atoms with E-state index in [4.69, 9.17) is 9.57 Å². The Morgan fingerprint density at radius 2 is 2.64 bits per heavy atom. The van der Waals surface area contributed by atoms with Gasteiger partial charge in [-0.25, -0.2) is 5.48 Å². The Bertz CT molecular complexity index is 132. The van der Waals surface area contributed by atoms with Crippen molar-refractivity contribution in [3.05, 3.63) is 0 Å². The minimum absolute atomic E-state index is 0.0125. The van der Waals surface area contributed by atoms with Crippen LogP contribution in [0.3, 0.4) is 0 Å². The van der Waals surface area contributed by atoms with E-state index in [-0.39, 0.29) is 11.8 Å². The Kier molecular flexibility index (Phi) is 3.32. The number of amides is 1. The highest BCUT2D eigenvalue weighted by molar-refractivity contribution is 5.77. The molecule has 0 aromatic carbocycles. The molecule has 1 heterocycles. The molecule has 0 radical (unpaired) electrons. The molecule has 0 aliphatic carbocycles. The van der Waals surface area contributed by atoms with Crippen LogP contribution in [0.4, 0.5) is 0 Å². The van der Waals surface area contributed by atoms with Gasteiger partial charge in [-0.2, -0.15) is 0 Å². The van der Waals surface area contributed by atoms with Crippen LogP contribution >= 0.6 is 0 Å². The Morgan fingerprint density at radius 3 is 3.18 bits per heavy atom. The van der Waals surface area contributed by atoms with Gasteiger partial charge in [0.15, 0.2) is 0 Å². The fourth-order valence-electron chi connectivity index (χ4n) is 0.968. The first-order valence-electron chi connectivity index (χ1n) is 3.84. The Balaban J connectivity index is 2.17. The summed E-state index contributed by atoms with van der Waals surface area (Å²) in [6, 6.07) is 0. The standard InChI is InChI=1S/C7H13NO3/c1-2-11-8-7(9)6-3-4-10-5-6/h6H,2-5H2,1H3,(H,8,9). The first-order valence-corrected chi connectivity index (χ1v) is 3.84. The maximum absolute atomic E-state index is 11.1. The molecule has 4 nitrogen and oxygen atoms in total. The van der Waals surface area contributed by atoms with Gasteiger partial charge in [0.1, 0.15) is 0 Å². The van der Waals surface area contributed by atoms with Gasteiger partial charge in [-0.15, -0.1) is 0 Å². The summed E-state index contributed by atoms with van der Waals surface area (Å²) in [5.41, 5.74) is 2.36. The molecule has 64 valence electrons. The second kappa shape index (κ2) is 4.31. The van der Waals surface area contributed by atoms with Gasteiger partial charge in [-0.3, -0.25) is 9.63 Å². The smallest absolute Gasteiger partial charge is 0.249 e. The molecular weight excluding hydrogens is 146 g/mol. The van der Waals surface area contributed by atoms with E-state index in [1.807, 2.05) is 6.92 Å². The highest BCUT2D eigenvalue weighted by atomic mass is 16.6. The average molecular weight is 159 g/mol. The molecule has 1 atom stereocenters. The van der Waals surface area contributed by atoms with Crippen molar-refractivity contribution in [2.24, 2.45) is 5.92 Å². The minimum Gasteiger partial charge on any atom is -0.381 e. The molecule has 0 aromatic rings. The molecule has 1 rings (SSSR count). The Morgan fingerprint density at radius 1 is 1.82 bits per heavy atom. The largest absolute Gasteiger partial charge is 0.381 e. The van der Waals surface area contributed by atoms with Gasteiger partial charge in [0.2, 0.25) is 5.91 Å². The summed E-state index contributed by atoms with van der Waals surface area (Å²) in [7, 11) is 0. The number of hydrogen-bond donors (Lipinski definition) is 1. The summed E-state index contributed by atoms with van der Waals surface area (Å²) >= 11 is 0. The predicted molar refractivity (Wildman–Crippen MR) is 38.7 cm³/mol. The minimum atomic E-state index is -0.0654. The number of nitrogens with one attached hydrogen (secondary N) is 1. The lowest BCUT2D eigenvalue weighted by Crippen LogP contribution is -2.30. The molecule has 1 unspecified atom stereocenters. The molecule has 11 heavy (non-hydrogen) atoms. The number of carbonyl (C=O) groups excluding carboxylic acids is 1. The van der Waals surface area contributed by atoms with E-state index < -0.39 is 0 Å². The van der Waals surface area contributed by atoms with Crippen LogP contribution in [0.15, 0.2) is 0 Å². The van der Waals surface area contributed by atoms with Crippen molar-refractivity contribution in [3.63, 3.8) is 0 Å². The van der Waals surface area contributed by atoms with E-state index in [1.165, 1.54) is 0 Å². The normalized spacial score (nSPS) is 23.5. The van der Waals surface area contributed by atoms with Gasteiger partial charge in [0.05, 0.1) is 19.1 Å². The molecule has 1 N–H and O–H groups in total. The van der Waals surface area contributed by atoms with Crippen molar-refractivity contribution in [1.82, 2.24) is 5.48 Å². The van der Waals surface area contributed by atoms with E-state index in [0.29, 0.717) is 19.8 Å². The van der Waals surface area contributed by atoms with Gasteiger partial charge < -0.3 is 4.74 Å². The number of hydroxylamine groups is 1. The quantitative estimate of drug-likeness (QED) is 0.594. The number of carbonyl (C=O) groups is 1. The third-order valence-corrected chi connectivity index (χ3v) is 1.62. The van der Waals surface area contributed by atoms with Crippen molar-refractivity contribution in [3.8, 4) is 0 Å². The van der Waals surface area contributed by atoms with Crippen molar-refractivity contribution >= 4 is 5.91 Å². The van der Waals surface area contributed by atoms with Crippen molar-refractivity contribution in [2.45, 2.75) is 13.3 Å². The maximum atomic E-state index is 11.1. The van der Waals surface area contributed by atoms with E-state index in [1.54, 1.807) is 0 Å². The summed E-state index contributed by atoms with van der Waals surface area (Å²) in [6.45, 7) is 3.54. The molecule has 0 bridgehead atoms. The maximum Gasteiger partial charge on any atom is 0.249 e. The average Bonchev–Trinajstić information content (AvgIpc) is 2.52. The Hall–Kier alpha value is -0.610. The fourth-order valence-corrected chi connectivity index (χ4v) is 0.968. The highest BCUT2D eigenvalue weighted by Gasteiger charge is 2.23. The SMILES string of the molecule is CCONC(=O)C1CCOC1. The van der Waals surface area contributed by atoms with Crippen LogP contribution in [0.5, 0.6) is 0 Å². The summed E-state index contributed by atoms with van der Waals surface area (Å²) in [5.74, 6) is -0.0779. The monoisotopic (exact) mass is 159 g/mol. The van der Waals surface area contributed by atoms with E-state index in [9.17, 15) is 4.79 Å². The van der Waals surface area contributed by atoms with Crippen LogP contribution in [0.2, 0.25) is 0 Å². The summed E-state index contributed by atoms with van der Waals surface area (Å²) in [5, 5.41) is 0. The van der Waals surface area contributed by atoms with Crippen molar-refractivity contribution < 1.29 is 14.4 Å². The van der Waals surface area contributed by atoms with E-state index in [2.05, 4.69) is 5.48 Å². The third kappa shape index (κ3) is 2.48. The van der Waals surface area contributed by atoms with Crippen molar-refractivity contribution in [2.75, 3.05) is 19.8 Å². The molecule has 0 saturated carbocycles. The van der Waals surface area contributed by atoms with E-state index in [0.717, 1.165) is 6.42 Å². The zero-order valence-corrected chi connectivity index (χ0v) is 6.63. The lowest BCUT2D eigenvalue weighted by atomic mass is 10.1. The molecule has 4 heteroatoms. The first-order chi connectivity index (χ1) is 5.34. The zero-order valence-electron chi connectivity index (χ0n) is 6.63. The number of ether oxygens (including phenoxy) is 1. The van der Waals surface area contributed by atoms with Crippen molar-refractivity contribution in [1.29, 1.82) is 0 Å². The lowest BCUT2D eigenvalue weighted by molar-refractivity contribution is -0.137. The number of hydrogen-bond acceptors (Lipinski definition) is 3. The van der Waals surface area contributed by atoms with Crippen LogP contribution in [-0.2, 0) is 14.4 Å². The van der Waals surface area contributed by atoms with E-state index >= 15 is 0 Å². The molecule has 1 aliphatic rings. The van der Waals surface area contributed by atoms with Gasteiger partial charge >= 0.3 is 0 Å². The van der Waals surface area contributed by atoms with Gasteiger partial charge in [0.25, 0.3) is 0 Å². The highest BCUT2D eigenvalue weighted by Crippen LogP contribution is 2.11. The Labute approximate surface area is 65.8 Å². The topological polar surface area (TPSA) is 47.6 Å².